The lowest BCUT2D eigenvalue weighted by atomic mass is 9.97. The van der Waals surface area contributed by atoms with Gasteiger partial charge in [-0.05, 0) is 38.1 Å². The third kappa shape index (κ3) is 2.09. The molecule has 1 fully saturated rings. The van der Waals surface area contributed by atoms with Crippen LogP contribution in [0.2, 0.25) is 5.02 Å². The molecule has 2 aromatic rings. The molecule has 3 heterocycles. The molecule has 6 heteroatoms. The van der Waals surface area contributed by atoms with Gasteiger partial charge in [0, 0.05) is 12.1 Å². The van der Waals surface area contributed by atoms with Gasteiger partial charge in [-0.25, -0.2) is 9.78 Å². The van der Waals surface area contributed by atoms with Crippen LogP contribution in [-0.2, 0) is 0 Å². The van der Waals surface area contributed by atoms with Crippen molar-refractivity contribution >= 4 is 23.1 Å². The Hall–Kier alpha value is -1.59. The number of piperidine rings is 1. The summed E-state index contributed by atoms with van der Waals surface area (Å²) < 4.78 is 1.82. The average Bonchev–Trinajstić information content (AvgIpc) is 2.81. The molecular weight excluding hydrogens is 266 g/mol. The summed E-state index contributed by atoms with van der Waals surface area (Å²) in [5.74, 6) is 0.0440. The summed E-state index contributed by atoms with van der Waals surface area (Å²) in [6, 6.07) is 3.50. The van der Waals surface area contributed by atoms with Crippen molar-refractivity contribution in [3.63, 3.8) is 0 Å². The van der Waals surface area contributed by atoms with Gasteiger partial charge in [0.2, 0.25) is 0 Å². The van der Waals surface area contributed by atoms with E-state index in [9.17, 15) is 9.90 Å². The summed E-state index contributed by atoms with van der Waals surface area (Å²) in [6.07, 6.45) is 3.76. The maximum absolute atomic E-state index is 11.3. The van der Waals surface area contributed by atoms with Crippen molar-refractivity contribution in [2.24, 2.45) is 0 Å². The molecule has 0 atom stereocenters. The van der Waals surface area contributed by atoms with Crippen molar-refractivity contribution in [3.8, 4) is 0 Å². The number of fused-ring (bicyclic) bond motifs is 1. The zero-order valence-corrected chi connectivity index (χ0v) is 11.0. The van der Waals surface area contributed by atoms with Gasteiger partial charge in [-0.15, -0.1) is 0 Å². The van der Waals surface area contributed by atoms with E-state index in [0.29, 0.717) is 10.5 Å². The summed E-state index contributed by atoms with van der Waals surface area (Å²) in [4.78, 5) is 15.6. The first-order valence-electron chi connectivity index (χ1n) is 6.29. The molecule has 2 N–H and O–H groups in total. The summed E-state index contributed by atoms with van der Waals surface area (Å²) in [5.41, 5.74) is 0.532. The Morgan fingerprint density at radius 1 is 1.47 bits per heavy atom. The highest BCUT2D eigenvalue weighted by atomic mass is 35.5. The number of halogens is 1. The van der Waals surface area contributed by atoms with Crippen LogP contribution in [0.25, 0.3) is 5.52 Å². The van der Waals surface area contributed by atoms with Crippen molar-refractivity contribution < 1.29 is 9.90 Å². The van der Waals surface area contributed by atoms with Crippen molar-refractivity contribution in [3.05, 3.63) is 34.9 Å². The van der Waals surface area contributed by atoms with E-state index in [4.69, 9.17) is 11.6 Å². The Kier molecular flexibility index (Phi) is 3.16. The Balaban J connectivity index is 2.19. The first-order valence-corrected chi connectivity index (χ1v) is 6.66. The maximum Gasteiger partial charge on any atom is 0.356 e. The first kappa shape index (κ1) is 12.4. The number of nitrogens with zero attached hydrogens (tertiary/aromatic N) is 2. The number of aromatic nitrogens is 2. The minimum atomic E-state index is -1.04. The number of carboxylic acids is 1. The lowest BCUT2D eigenvalue weighted by Crippen LogP contribution is -2.27. The topological polar surface area (TPSA) is 66.6 Å². The molecule has 1 aliphatic heterocycles. The molecule has 0 saturated carbocycles. The van der Waals surface area contributed by atoms with Gasteiger partial charge in [-0.1, -0.05) is 11.6 Å². The summed E-state index contributed by atoms with van der Waals surface area (Å²) in [7, 11) is 0. The molecule has 0 amide bonds. The molecule has 2 aromatic heterocycles. The Morgan fingerprint density at radius 3 is 2.89 bits per heavy atom. The highest BCUT2D eigenvalue weighted by Crippen LogP contribution is 2.29. The number of nitrogens with one attached hydrogen (secondary N) is 1. The Bertz CT molecular complexity index is 632. The minimum Gasteiger partial charge on any atom is -0.476 e. The van der Waals surface area contributed by atoms with E-state index < -0.39 is 5.97 Å². The first-order chi connectivity index (χ1) is 9.18. The fourth-order valence-electron chi connectivity index (χ4n) is 2.64. The Labute approximate surface area is 115 Å². The Morgan fingerprint density at radius 2 is 2.21 bits per heavy atom. The van der Waals surface area contributed by atoms with Gasteiger partial charge >= 0.3 is 5.97 Å². The monoisotopic (exact) mass is 279 g/mol. The second kappa shape index (κ2) is 4.83. The summed E-state index contributed by atoms with van der Waals surface area (Å²) >= 11 is 6.12. The maximum atomic E-state index is 11.3. The zero-order valence-electron chi connectivity index (χ0n) is 10.3. The van der Waals surface area contributed by atoms with Gasteiger partial charge in [-0.2, -0.15) is 0 Å². The van der Waals surface area contributed by atoms with Gasteiger partial charge in [0.05, 0.1) is 10.5 Å². The number of carboxylic acid groups (broad SMARTS) is 1. The molecule has 0 radical (unpaired) electrons. The molecule has 1 saturated heterocycles. The van der Waals surface area contributed by atoms with Crippen molar-refractivity contribution in [1.29, 1.82) is 0 Å². The van der Waals surface area contributed by atoms with Crippen LogP contribution in [0.3, 0.4) is 0 Å². The van der Waals surface area contributed by atoms with E-state index in [1.807, 2.05) is 16.7 Å². The zero-order chi connectivity index (χ0) is 13.4. The number of aromatic carboxylic acids is 1. The summed E-state index contributed by atoms with van der Waals surface area (Å²) in [6.45, 7) is 1.87. The molecular formula is C13H14ClN3O2. The number of rotatable bonds is 2. The number of pyridine rings is 1. The van der Waals surface area contributed by atoms with E-state index in [-0.39, 0.29) is 11.6 Å². The number of hydrogen-bond acceptors (Lipinski definition) is 3. The van der Waals surface area contributed by atoms with Crippen LogP contribution in [0, 0.1) is 0 Å². The summed E-state index contributed by atoms with van der Waals surface area (Å²) in [5, 5.41) is 13.0. The standard InChI is InChI=1S/C13H14ClN3O2/c14-9-2-1-7-17-11(9)10(13(18)19)16-12(17)8-3-5-15-6-4-8/h1-2,7-8,15H,3-6H2,(H,18,19). The number of imidazole rings is 1. The quantitative estimate of drug-likeness (QED) is 0.884. The van der Waals surface area contributed by atoms with Gasteiger partial charge in [-0.3, -0.25) is 0 Å². The second-order valence-corrected chi connectivity index (χ2v) is 5.13. The van der Waals surface area contributed by atoms with Crippen LogP contribution in [0.1, 0.15) is 35.1 Å². The fourth-order valence-corrected chi connectivity index (χ4v) is 2.89. The van der Waals surface area contributed by atoms with Crippen molar-refractivity contribution in [2.45, 2.75) is 18.8 Å². The van der Waals surface area contributed by atoms with E-state index in [1.165, 1.54) is 0 Å². The van der Waals surface area contributed by atoms with Crippen molar-refractivity contribution in [1.82, 2.24) is 14.7 Å². The largest absolute Gasteiger partial charge is 0.476 e. The van der Waals surface area contributed by atoms with Gasteiger partial charge < -0.3 is 14.8 Å². The fraction of sp³-hybridized carbons (Fsp3) is 0.385. The van der Waals surface area contributed by atoms with Crippen LogP contribution >= 0.6 is 11.6 Å². The number of carbonyl (C=O) groups is 1. The van der Waals surface area contributed by atoms with Gasteiger partial charge in [0.1, 0.15) is 5.82 Å². The normalized spacial score (nSPS) is 16.9. The molecule has 0 bridgehead atoms. The molecule has 0 unspecified atom stereocenters. The molecule has 19 heavy (non-hydrogen) atoms. The molecule has 3 rings (SSSR count). The van der Waals surface area contributed by atoms with E-state index >= 15 is 0 Å². The van der Waals surface area contributed by atoms with Crippen molar-refractivity contribution in [2.75, 3.05) is 13.1 Å². The lowest BCUT2D eigenvalue weighted by Gasteiger charge is -2.21. The highest BCUT2D eigenvalue weighted by Gasteiger charge is 2.25. The third-order valence-electron chi connectivity index (χ3n) is 3.55. The van der Waals surface area contributed by atoms with Crippen LogP contribution in [0.5, 0.6) is 0 Å². The smallest absolute Gasteiger partial charge is 0.356 e. The van der Waals surface area contributed by atoms with E-state index in [1.54, 1.807) is 6.07 Å². The SMILES string of the molecule is O=C(O)c1nc(C2CCNCC2)n2cccc(Cl)c12. The second-order valence-electron chi connectivity index (χ2n) is 4.72. The average molecular weight is 280 g/mol. The molecule has 0 aromatic carbocycles. The van der Waals surface area contributed by atoms with Crippen LogP contribution in [0.15, 0.2) is 18.3 Å². The lowest BCUT2D eigenvalue weighted by molar-refractivity contribution is 0.0693. The molecule has 5 nitrogen and oxygen atoms in total. The van der Waals surface area contributed by atoms with Crippen LogP contribution in [0.4, 0.5) is 0 Å². The molecule has 0 spiro atoms. The molecule has 100 valence electrons. The molecule has 0 aliphatic carbocycles. The van der Waals surface area contributed by atoms with Crippen LogP contribution in [-0.4, -0.2) is 33.6 Å². The van der Waals surface area contributed by atoms with E-state index in [2.05, 4.69) is 10.3 Å². The van der Waals surface area contributed by atoms with Crippen LogP contribution < -0.4 is 5.32 Å². The minimum absolute atomic E-state index is 0.0409. The molecule has 1 aliphatic rings. The predicted octanol–water partition coefficient (Wildman–Crippen LogP) is 2.15. The third-order valence-corrected chi connectivity index (χ3v) is 3.85. The number of hydrogen-bond donors (Lipinski definition) is 2. The van der Waals surface area contributed by atoms with E-state index in [0.717, 1.165) is 31.8 Å². The van der Waals surface area contributed by atoms with Gasteiger partial charge in [0.15, 0.2) is 5.69 Å². The highest BCUT2D eigenvalue weighted by molar-refractivity contribution is 6.34. The van der Waals surface area contributed by atoms with Gasteiger partial charge in [0.25, 0.3) is 0 Å². The predicted molar refractivity (Wildman–Crippen MR) is 72.0 cm³/mol.